The molecule has 134 valence electrons. The number of nitrogens with zero attached hydrogens (tertiary/aromatic N) is 2. The Morgan fingerprint density at radius 2 is 2.08 bits per heavy atom. The number of aromatic nitrogens is 2. The van der Waals surface area contributed by atoms with E-state index in [1.165, 1.54) is 47.1 Å². The Morgan fingerprint density at radius 3 is 2.96 bits per heavy atom. The van der Waals surface area contributed by atoms with E-state index in [2.05, 4.69) is 4.98 Å². The molecule has 0 spiro atoms. The Kier molecular flexibility index (Phi) is 4.59. The van der Waals surface area contributed by atoms with Crippen molar-refractivity contribution in [3.05, 3.63) is 67.4 Å². The largest absolute Gasteiger partial charge is 0.455 e. The minimum atomic E-state index is -0.339. The van der Waals surface area contributed by atoms with Gasteiger partial charge in [-0.2, -0.15) is 0 Å². The van der Waals surface area contributed by atoms with E-state index in [4.69, 9.17) is 4.74 Å². The summed E-state index contributed by atoms with van der Waals surface area (Å²) in [6.07, 6.45) is 5.72. The fourth-order valence-corrected chi connectivity index (χ4v) is 4.56. The van der Waals surface area contributed by atoms with E-state index < -0.39 is 0 Å². The van der Waals surface area contributed by atoms with Gasteiger partial charge in [-0.1, -0.05) is 12.5 Å². The first-order chi connectivity index (χ1) is 12.6. The van der Waals surface area contributed by atoms with Crippen molar-refractivity contribution in [3.63, 3.8) is 0 Å². The van der Waals surface area contributed by atoms with Crippen LogP contribution in [0.1, 0.15) is 50.8 Å². The van der Waals surface area contributed by atoms with Crippen molar-refractivity contribution in [1.82, 2.24) is 9.38 Å². The molecule has 0 amide bonds. The van der Waals surface area contributed by atoms with Crippen LogP contribution in [0.4, 0.5) is 0 Å². The zero-order valence-electron chi connectivity index (χ0n) is 14.7. The van der Waals surface area contributed by atoms with E-state index in [1.807, 2.05) is 25.1 Å². The molecule has 26 heavy (non-hydrogen) atoms. The highest BCUT2D eigenvalue weighted by atomic mass is 32.1. The lowest BCUT2D eigenvalue weighted by molar-refractivity contribution is 0.0473. The monoisotopic (exact) mass is 368 g/mol. The molecule has 1 aliphatic rings. The summed E-state index contributed by atoms with van der Waals surface area (Å²) in [6, 6.07) is 8.88. The Balaban J connectivity index is 1.51. The smallest absolute Gasteiger partial charge is 0.348 e. The summed E-state index contributed by atoms with van der Waals surface area (Å²) in [5.41, 5.74) is 2.97. The summed E-state index contributed by atoms with van der Waals surface area (Å²) in [4.78, 5) is 31.1. The number of pyridine rings is 1. The highest BCUT2D eigenvalue weighted by Crippen LogP contribution is 2.29. The van der Waals surface area contributed by atoms with Gasteiger partial charge < -0.3 is 4.74 Å². The van der Waals surface area contributed by atoms with E-state index in [-0.39, 0.29) is 18.1 Å². The van der Waals surface area contributed by atoms with E-state index in [0.29, 0.717) is 16.2 Å². The first-order valence-corrected chi connectivity index (χ1v) is 9.70. The molecule has 6 heteroatoms. The predicted octanol–water partition coefficient (Wildman–Crippen LogP) is 3.69. The van der Waals surface area contributed by atoms with Crippen LogP contribution in [0.5, 0.6) is 0 Å². The molecule has 0 radical (unpaired) electrons. The van der Waals surface area contributed by atoms with Crippen LogP contribution in [0, 0.1) is 6.92 Å². The lowest BCUT2D eigenvalue weighted by atomic mass is 10.1. The zero-order valence-corrected chi connectivity index (χ0v) is 15.5. The molecule has 4 rings (SSSR count). The number of carbonyl (C=O) groups is 1. The fraction of sp³-hybridized carbons (Fsp3) is 0.350. The van der Waals surface area contributed by atoms with E-state index in [1.54, 1.807) is 10.5 Å². The fourth-order valence-electron chi connectivity index (χ4n) is 3.42. The highest BCUT2D eigenvalue weighted by molar-refractivity contribution is 7.14. The molecule has 0 atom stereocenters. The number of hydrogen-bond acceptors (Lipinski definition) is 5. The van der Waals surface area contributed by atoms with Crippen LogP contribution in [-0.4, -0.2) is 15.4 Å². The van der Waals surface area contributed by atoms with Crippen LogP contribution >= 0.6 is 11.3 Å². The SMILES string of the molecule is Cc1cccc2nc(COC(=O)c3cc4c(s3)CCCCC4)cc(=O)n12. The topological polar surface area (TPSA) is 60.7 Å². The van der Waals surface area contributed by atoms with Crippen LogP contribution in [0.15, 0.2) is 35.1 Å². The summed E-state index contributed by atoms with van der Waals surface area (Å²) in [5.74, 6) is -0.339. The number of hydrogen-bond donors (Lipinski definition) is 0. The van der Waals surface area contributed by atoms with Gasteiger partial charge in [-0.25, -0.2) is 9.78 Å². The van der Waals surface area contributed by atoms with E-state index in [9.17, 15) is 9.59 Å². The van der Waals surface area contributed by atoms with Gasteiger partial charge in [-0.05, 0) is 56.4 Å². The molecule has 0 bridgehead atoms. The average molecular weight is 368 g/mol. The first-order valence-electron chi connectivity index (χ1n) is 8.89. The van der Waals surface area contributed by atoms with Gasteiger partial charge in [-0.3, -0.25) is 9.20 Å². The predicted molar refractivity (Wildman–Crippen MR) is 101 cm³/mol. The molecule has 3 aromatic heterocycles. The maximum atomic E-state index is 12.4. The first kappa shape index (κ1) is 17.0. The van der Waals surface area contributed by atoms with Crippen LogP contribution in [0.25, 0.3) is 5.65 Å². The van der Waals surface area contributed by atoms with Gasteiger partial charge in [0, 0.05) is 16.6 Å². The van der Waals surface area contributed by atoms with E-state index in [0.717, 1.165) is 18.5 Å². The third kappa shape index (κ3) is 3.29. The minimum Gasteiger partial charge on any atom is -0.455 e. The summed E-state index contributed by atoms with van der Waals surface area (Å²) < 4.78 is 6.96. The van der Waals surface area contributed by atoms with Crippen molar-refractivity contribution < 1.29 is 9.53 Å². The van der Waals surface area contributed by atoms with Gasteiger partial charge in [0.25, 0.3) is 5.56 Å². The van der Waals surface area contributed by atoms with Crippen molar-refractivity contribution in [2.24, 2.45) is 0 Å². The molecule has 0 saturated heterocycles. The van der Waals surface area contributed by atoms with Gasteiger partial charge in [-0.15, -0.1) is 11.3 Å². The third-order valence-corrected chi connectivity index (χ3v) is 5.95. The summed E-state index contributed by atoms with van der Waals surface area (Å²) in [7, 11) is 0. The third-order valence-electron chi connectivity index (χ3n) is 4.73. The molecular weight excluding hydrogens is 348 g/mol. The number of aryl methyl sites for hydroxylation is 3. The number of thiophene rings is 1. The molecule has 0 N–H and O–H groups in total. The van der Waals surface area contributed by atoms with Gasteiger partial charge in [0.05, 0.1) is 5.69 Å². The molecule has 0 unspecified atom stereocenters. The van der Waals surface area contributed by atoms with Crippen LogP contribution in [0.2, 0.25) is 0 Å². The Labute approximate surface area is 155 Å². The summed E-state index contributed by atoms with van der Waals surface area (Å²) in [6.45, 7) is 1.86. The maximum Gasteiger partial charge on any atom is 0.348 e. The molecular formula is C20H20N2O3S. The van der Waals surface area contributed by atoms with Gasteiger partial charge in [0.15, 0.2) is 0 Å². The van der Waals surface area contributed by atoms with Gasteiger partial charge >= 0.3 is 5.97 Å². The van der Waals surface area contributed by atoms with Crippen LogP contribution < -0.4 is 5.56 Å². The highest BCUT2D eigenvalue weighted by Gasteiger charge is 2.18. The Morgan fingerprint density at radius 1 is 1.23 bits per heavy atom. The number of ether oxygens (including phenoxy) is 1. The molecule has 3 heterocycles. The van der Waals surface area contributed by atoms with Crippen molar-refractivity contribution in [2.45, 2.75) is 45.6 Å². The number of fused-ring (bicyclic) bond motifs is 2. The van der Waals surface area contributed by atoms with Gasteiger partial charge in [0.1, 0.15) is 17.1 Å². The maximum absolute atomic E-state index is 12.4. The van der Waals surface area contributed by atoms with Crippen molar-refractivity contribution in [1.29, 1.82) is 0 Å². The second kappa shape index (κ2) is 7.03. The van der Waals surface area contributed by atoms with Crippen LogP contribution in [-0.2, 0) is 24.2 Å². The number of carbonyl (C=O) groups excluding carboxylic acids is 1. The molecule has 1 aliphatic carbocycles. The molecule has 0 fully saturated rings. The van der Waals surface area contributed by atoms with Gasteiger partial charge in [0.2, 0.25) is 0 Å². The number of esters is 1. The normalized spacial score (nSPS) is 14.0. The van der Waals surface area contributed by atoms with Crippen molar-refractivity contribution >= 4 is 23.0 Å². The lowest BCUT2D eigenvalue weighted by Gasteiger charge is -2.07. The second-order valence-electron chi connectivity index (χ2n) is 6.64. The quantitative estimate of drug-likeness (QED) is 0.522. The average Bonchev–Trinajstić information content (AvgIpc) is 2.90. The Bertz CT molecular complexity index is 1010. The van der Waals surface area contributed by atoms with Crippen molar-refractivity contribution in [3.8, 4) is 0 Å². The zero-order chi connectivity index (χ0) is 18.1. The lowest BCUT2D eigenvalue weighted by Crippen LogP contribution is -2.18. The van der Waals surface area contributed by atoms with Crippen molar-refractivity contribution in [2.75, 3.05) is 0 Å². The standard InChI is InChI=1S/C20H20N2O3S/c1-13-6-5-9-18-21-15(11-19(23)22(13)18)12-25-20(24)17-10-14-7-3-2-4-8-16(14)26-17/h5-6,9-11H,2-4,7-8,12H2,1H3. The van der Waals surface area contributed by atoms with E-state index >= 15 is 0 Å². The van der Waals surface area contributed by atoms with Crippen LogP contribution in [0.3, 0.4) is 0 Å². The minimum absolute atomic E-state index is 0.00107. The molecule has 5 nitrogen and oxygen atoms in total. The number of rotatable bonds is 3. The summed E-state index contributed by atoms with van der Waals surface area (Å²) >= 11 is 1.54. The molecule has 0 saturated carbocycles. The Hall–Kier alpha value is -2.47. The second-order valence-corrected chi connectivity index (χ2v) is 7.78. The molecule has 0 aromatic carbocycles. The molecule has 0 aliphatic heterocycles. The molecule has 3 aromatic rings. The summed E-state index contributed by atoms with van der Waals surface area (Å²) in [5, 5.41) is 0.